The minimum atomic E-state index is -0.0247. The zero-order valence-corrected chi connectivity index (χ0v) is 3.70. The van der Waals surface area contributed by atoms with Crippen molar-refractivity contribution >= 4 is 12.6 Å². The van der Waals surface area contributed by atoms with E-state index in [1.807, 2.05) is 0 Å². The van der Waals surface area contributed by atoms with Gasteiger partial charge in [0, 0.05) is 0 Å². The first kappa shape index (κ1) is 5.05. The highest BCUT2D eigenvalue weighted by atomic mass is 32.1. The third-order valence-corrected chi connectivity index (χ3v) is 0.324. The van der Waals surface area contributed by atoms with Crippen LogP contribution in [0.3, 0.4) is 0 Å². The molecule has 0 spiro atoms. The van der Waals surface area contributed by atoms with Gasteiger partial charge in [-0.25, -0.2) is 0 Å². The predicted molar refractivity (Wildman–Crippen MR) is 25.2 cm³/mol. The van der Waals surface area contributed by atoms with Gasteiger partial charge in [0.05, 0.1) is 6.61 Å². The molecule has 0 aromatic rings. The highest BCUT2D eigenvalue weighted by molar-refractivity contribution is 7.84. The number of hydrogen-bond donors (Lipinski definition) is 2. The molecule has 0 amide bonds. The van der Waals surface area contributed by atoms with E-state index in [-0.39, 0.29) is 6.61 Å². The molecule has 30 valence electrons. The lowest BCUT2D eigenvalue weighted by molar-refractivity contribution is 0.340. The maximum Gasteiger partial charge on any atom is 0.0732 e. The van der Waals surface area contributed by atoms with Crippen LogP contribution in [0, 0.1) is 0 Å². The van der Waals surface area contributed by atoms with Crippen molar-refractivity contribution in [2.45, 2.75) is 0 Å². The van der Waals surface area contributed by atoms with Crippen molar-refractivity contribution in [3.8, 4) is 0 Å². The molecule has 0 radical (unpaired) electrons. The molecule has 1 nitrogen and oxygen atoms in total. The van der Waals surface area contributed by atoms with Crippen LogP contribution < -0.4 is 0 Å². The molecule has 0 saturated carbocycles. The molecule has 0 saturated heterocycles. The van der Waals surface area contributed by atoms with Gasteiger partial charge in [-0.1, -0.05) is 6.58 Å². The van der Waals surface area contributed by atoms with E-state index in [1.165, 1.54) is 0 Å². The minimum absolute atomic E-state index is 0.0247. The molecule has 0 fully saturated rings. The normalized spacial score (nSPS) is 7.60. The third kappa shape index (κ3) is 4.05. The number of rotatable bonds is 1. The fraction of sp³-hybridized carbons (Fsp3) is 0.333. The van der Waals surface area contributed by atoms with Crippen LogP contribution in [0.2, 0.25) is 0 Å². The fourth-order valence-corrected chi connectivity index (χ4v) is 0. The van der Waals surface area contributed by atoms with Crippen molar-refractivity contribution in [3.05, 3.63) is 11.5 Å². The molecule has 0 heterocycles. The van der Waals surface area contributed by atoms with Crippen molar-refractivity contribution in [3.63, 3.8) is 0 Å². The van der Waals surface area contributed by atoms with Crippen LogP contribution in [0.25, 0.3) is 0 Å². The van der Waals surface area contributed by atoms with Crippen molar-refractivity contribution in [1.82, 2.24) is 0 Å². The van der Waals surface area contributed by atoms with Crippen LogP contribution in [0.15, 0.2) is 11.5 Å². The summed E-state index contributed by atoms with van der Waals surface area (Å²) in [7, 11) is 0. The summed E-state index contributed by atoms with van der Waals surface area (Å²) in [5, 5.41) is 7.97. The standard InChI is InChI=1S/C3H6OS/c1-3(5)2-4/h4-5H,1-2H2. The predicted octanol–water partition coefficient (Wildman–Crippen LogP) is 0.422. The topological polar surface area (TPSA) is 20.2 Å². The SMILES string of the molecule is C=C(S)CO. The monoisotopic (exact) mass is 90.0 g/mol. The van der Waals surface area contributed by atoms with E-state index in [4.69, 9.17) is 5.11 Å². The minimum Gasteiger partial charge on any atom is -0.391 e. The summed E-state index contributed by atoms with van der Waals surface area (Å²) in [5.41, 5.74) is 0. The summed E-state index contributed by atoms with van der Waals surface area (Å²) in [4.78, 5) is 0.505. The van der Waals surface area contributed by atoms with E-state index >= 15 is 0 Å². The number of aliphatic hydroxyl groups excluding tert-OH is 1. The molecule has 0 aromatic heterocycles. The Morgan fingerprint density at radius 1 is 2.00 bits per heavy atom. The van der Waals surface area contributed by atoms with Crippen molar-refractivity contribution < 1.29 is 5.11 Å². The Hall–Kier alpha value is 0.0500. The Labute approximate surface area is 36.7 Å². The van der Waals surface area contributed by atoms with Gasteiger partial charge in [-0.3, -0.25) is 0 Å². The first-order valence-electron chi connectivity index (χ1n) is 1.25. The van der Waals surface area contributed by atoms with Gasteiger partial charge in [0.1, 0.15) is 0 Å². The van der Waals surface area contributed by atoms with Crippen molar-refractivity contribution in [2.75, 3.05) is 6.61 Å². The first-order valence-corrected chi connectivity index (χ1v) is 1.69. The van der Waals surface area contributed by atoms with E-state index in [0.717, 1.165) is 0 Å². The Bertz CT molecular complexity index is 42.2. The molecular formula is C3H6OS. The average molecular weight is 90.1 g/mol. The van der Waals surface area contributed by atoms with Gasteiger partial charge in [0.15, 0.2) is 0 Å². The molecule has 0 rings (SSSR count). The second-order valence-electron chi connectivity index (χ2n) is 0.724. The second kappa shape index (κ2) is 2.30. The van der Waals surface area contributed by atoms with Crippen LogP contribution in [0.1, 0.15) is 0 Å². The Morgan fingerprint density at radius 3 is 2.20 bits per heavy atom. The van der Waals surface area contributed by atoms with E-state index < -0.39 is 0 Å². The Kier molecular flexibility index (Phi) is 2.32. The van der Waals surface area contributed by atoms with Gasteiger partial charge in [-0.15, -0.1) is 12.6 Å². The summed E-state index contributed by atoms with van der Waals surface area (Å²) in [6, 6.07) is 0. The van der Waals surface area contributed by atoms with Gasteiger partial charge >= 0.3 is 0 Å². The summed E-state index contributed by atoms with van der Waals surface area (Å²) in [6.45, 7) is 3.26. The van der Waals surface area contributed by atoms with Crippen LogP contribution in [-0.4, -0.2) is 11.7 Å². The van der Waals surface area contributed by atoms with Gasteiger partial charge in [-0.05, 0) is 4.91 Å². The smallest absolute Gasteiger partial charge is 0.0732 e. The van der Waals surface area contributed by atoms with Crippen LogP contribution in [0.4, 0.5) is 0 Å². The fourth-order valence-electron chi connectivity index (χ4n) is 0. The summed E-state index contributed by atoms with van der Waals surface area (Å²) in [5.74, 6) is 0. The zero-order chi connectivity index (χ0) is 4.28. The molecule has 5 heavy (non-hydrogen) atoms. The molecular weight excluding hydrogens is 84.1 g/mol. The van der Waals surface area contributed by atoms with Crippen LogP contribution >= 0.6 is 12.6 Å². The molecule has 0 aliphatic carbocycles. The van der Waals surface area contributed by atoms with E-state index in [0.29, 0.717) is 4.91 Å². The number of aliphatic hydroxyl groups is 1. The van der Waals surface area contributed by atoms with Gasteiger partial charge in [-0.2, -0.15) is 0 Å². The molecule has 0 bridgehead atoms. The van der Waals surface area contributed by atoms with Crippen LogP contribution in [0.5, 0.6) is 0 Å². The number of hydrogen-bond acceptors (Lipinski definition) is 2. The molecule has 0 aliphatic heterocycles. The molecule has 0 aromatic carbocycles. The van der Waals surface area contributed by atoms with Gasteiger partial charge < -0.3 is 5.11 Å². The second-order valence-corrected chi connectivity index (χ2v) is 1.36. The maximum atomic E-state index is 7.97. The highest BCUT2D eigenvalue weighted by Crippen LogP contribution is 1.88. The molecule has 0 aliphatic rings. The summed E-state index contributed by atoms with van der Waals surface area (Å²) < 4.78 is 0. The lowest BCUT2D eigenvalue weighted by Gasteiger charge is -1.78. The average Bonchev–Trinajstić information content (AvgIpc) is 1.38. The van der Waals surface area contributed by atoms with Crippen LogP contribution in [-0.2, 0) is 0 Å². The summed E-state index contributed by atoms with van der Waals surface area (Å²) in [6.07, 6.45) is 0. The lowest BCUT2D eigenvalue weighted by atomic mass is 10.7. The molecule has 0 atom stereocenters. The molecule has 2 heteroatoms. The first-order chi connectivity index (χ1) is 2.27. The van der Waals surface area contributed by atoms with E-state index in [1.54, 1.807) is 0 Å². The lowest BCUT2D eigenvalue weighted by Crippen LogP contribution is -1.73. The number of thiol groups is 1. The third-order valence-electron chi connectivity index (χ3n) is 0.183. The quantitative estimate of drug-likeness (QED) is 0.447. The van der Waals surface area contributed by atoms with E-state index in [9.17, 15) is 0 Å². The van der Waals surface area contributed by atoms with Gasteiger partial charge in [0.25, 0.3) is 0 Å². The highest BCUT2D eigenvalue weighted by Gasteiger charge is 1.70. The van der Waals surface area contributed by atoms with Crippen molar-refractivity contribution in [2.24, 2.45) is 0 Å². The Balaban J connectivity index is 2.85. The summed E-state index contributed by atoms with van der Waals surface area (Å²) >= 11 is 3.65. The van der Waals surface area contributed by atoms with Gasteiger partial charge in [0.2, 0.25) is 0 Å². The zero-order valence-electron chi connectivity index (χ0n) is 2.81. The van der Waals surface area contributed by atoms with Crippen molar-refractivity contribution in [1.29, 1.82) is 0 Å². The Morgan fingerprint density at radius 2 is 2.20 bits per heavy atom. The molecule has 1 N–H and O–H groups in total. The largest absolute Gasteiger partial charge is 0.391 e. The van der Waals surface area contributed by atoms with E-state index in [2.05, 4.69) is 19.2 Å². The maximum absolute atomic E-state index is 7.97. The molecule has 0 unspecified atom stereocenters.